The van der Waals surface area contributed by atoms with Gasteiger partial charge in [-0.15, -0.1) is 0 Å². The molecule has 1 atom stereocenters. The van der Waals surface area contributed by atoms with Gasteiger partial charge in [-0.1, -0.05) is 25.4 Å². The van der Waals surface area contributed by atoms with Crippen molar-refractivity contribution in [3.63, 3.8) is 0 Å². The summed E-state index contributed by atoms with van der Waals surface area (Å²) >= 11 is 6.04. The minimum Gasteiger partial charge on any atom is -0.444 e. The summed E-state index contributed by atoms with van der Waals surface area (Å²) in [6.45, 7) is 10.6. The molecule has 1 aliphatic rings. The maximum absolute atomic E-state index is 12.4. The first-order chi connectivity index (χ1) is 14.1. The highest BCUT2D eigenvalue weighted by molar-refractivity contribution is 6.30. The largest absolute Gasteiger partial charge is 0.444 e. The van der Waals surface area contributed by atoms with Crippen LogP contribution >= 0.6 is 11.6 Å². The summed E-state index contributed by atoms with van der Waals surface area (Å²) in [5.74, 6) is -0.209. The van der Waals surface area contributed by atoms with Crippen LogP contribution in [0.4, 0.5) is 10.6 Å². The van der Waals surface area contributed by atoms with Crippen LogP contribution in [0.25, 0.3) is 11.0 Å². The smallest absolute Gasteiger partial charge is 0.410 e. The number of carbonyl (C=O) groups excluding carboxylic acids is 2. The molecule has 3 heterocycles. The summed E-state index contributed by atoms with van der Waals surface area (Å²) in [4.78, 5) is 38.3. The van der Waals surface area contributed by atoms with Crippen molar-refractivity contribution in [1.29, 1.82) is 0 Å². The highest BCUT2D eigenvalue weighted by atomic mass is 35.5. The average Bonchev–Trinajstić information content (AvgIpc) is 2.68. The second kappa shape index (κ2) is 9.88. The van der Waals surface area contributed by atoms with Crippen molar-refractivity contribution in [1.82, 2.24) is 19.9 Å². The maximum atomic E-state index is 12.4. The number of nitrogens with two attached hydrogens (primary N) is 1. The van der Waals surface area contributed by atoms with E-state index in [1.807, 2.05) is 34.6 Å². The Labute approximate surface area is 181 Å². The topological polar surface area (TPSA) is 123 Å². The Kier molecular flexibility index (Phi) is 7.77. The van der Waals surface area contributed by atoms with Crippen LogP contribution < -0.4 is 11.1 Å². The van der Waals surface area contributed by atoms with E-state index in [2.05, 4.69) is 20.3 Å². The Hall–Kier alpha value is -2.68. The predicted molar refractivity (Wildman–Crippen MR) is 117 cm³/mol. The van der Waals surface area contributed by atoms with Gasteiger partial charge < -0.3 is 20.7 Å². The molecule has 2 amide bonds. The molecule has 2 aromatic heterocycles. The first-order valence-corrected chi connectivity index (χ1v) is 10.4. The molecule has 0 aromatic carbocycles. The van der Waals surface area contributed by atoms with Crippen LogP contribution in [0.15, 0.2) is 12.4 Å². The highest BCUT2D eigenvalue weighted by Crippen LogP contribution is 2.25. The van der Waals surface area contributed by atoms with Crippen molar-refractivity contribution in [3.05, 3.63) is 23.1 Å². The van der Waals surface area contributed by atoms with Gasteiger partial charge in [0.05, 0.1) is 5.56 Å². The van der Waals surface area contributed by atoms with Crippen molar-refractivity contribution in [2.45, 2.75) is 59.1 Å². The van der Waals surface area contributed by atoms with Crippen LogP contribution in [0, 0.1) is 0 Å². The van der Waals surface area contributed by atoms with E-state index in [0.717, 1.165) is 12.8 Å². The molecular formula is C20H29ClN6O3. The van der Waals surface area contributed by atoms with E-state index >= 15 is 0 Å². The summed E-state index contributed by atoms with van der Waals surface area (Å²) in [5, 5.41) is 3.41. The average molecular weight is 437 g/mol. The number of amides is 2. The number of hydrogen-bond acceptors (Lipinski definition) is 7. The number of piperidine rings is 1. The van der Waals surface area contributed by atoms with E-state index < -0.39 is 11.5 Å². The number of primary amides is 1. The lowest BCUT2D eigenvalue weighted by Crippen LogP contribution is -2.47. The summed E-state index contributed by atoms with van der Waals surface area (Å²) in [5.41, 5.74) is 5.74. The lowest BCUT2D eigenvalue weighted by atomic mass is 10.1. The summed E-state index contributed by atoms with van der Waals surface area (Å²) in [6, 6.07) is 1.32. The number of nitrogens with one attached hydrogen (secondary N) is 1. The zero-order valence-corrected chi connectivity index (χ0v) is 18.8. The third-order valence-electron chi connectivity index (χ3n) is 4.24. The molecule has 1 fully saturated rings. The van der Waals surface area contributed by atoms with Crippen LogP contribution in [0.5, 0.6) is 0 Å². The van der Waals surface area contributed by atoms with Crippen LogP contribution in [0.3, 0.4) is 0 Å². The number of pyridine rings is 1. The van der Waals surface area contributed by atoms with Gasteiger partial charge in [-0.25, -0.2) is 19.7 Å². The zero-order valence-electron chi connectivity index (χ0n) is 18.0. The number of aromatic nitrogens is 3. The van der Waals surface area contributed by atoms with E-state index in [0.29, 0.717) is 29.9 Å². The molecule has 10 heteroatoms. The molecular weight excluding hydrogens is 408 g/mol. The van der Waals surface area contributed by atoms with Crippen LogP contribution in [0.2, 0.25) is 5.15 Å². The molecule has 1 aliphatic heterocycles. The number of fused-ring (bicyclic) bond motifs is 1. The van der Waals surface area contributed by atoms with Gasteiger partial charge in [0.1, 0.15) is 28.1 Å². The molecule has 0 spiro atoms. The second-order valence-corrected chi connectivity index (χ2v) is 8.07. The van der Waals surface area contributed by atoms with Crippen molar-refractivity contribution >= 4 is 40.5 Å². The number of likely N-dealkylation sites (tertiary alicyclic amines) is 1. The number of carbonyl (C=O) groups is 2. The van der Waals surface area contributed by atoms with E-state index in [1.54, 1.807) is 4.90 Å². The molecule has 30 heavy (non-hydrogen) atoms. The fraction of sp³-hybridized carbons (Fsp3) is 0.550. The number of halogens is 1. The van der Waals surface area contributed by atoms with Crippen LogP contribution in [-0.2, 0) is 4.74 Å². The molecule has 3 rings (SSSR count). The summed E-state index contributed by atoms with van der Waals surface area (Å²) in [6.07, 6.45) is 2.65. The monoisotopic (exact) mass is 436 g/mol. The highest BCUT2D eigenvalue weighted by Gasteiger charge is 2.28. The van der Waals surface area contributed by atoms with Crippen molar-refractivity contribution in [2.75, 3.05) is 18.4 Å². The fourth-order valence-corrected chi connectivity index (χ4v) is 3.28. The van der Waals surface area contributed by atoms with E-state index in [1.165, 1.54) is 12.4 Å². The molecule has 164 valence electrons. The van der Waals surface area contributed by atoms with E-state index in [9.17, 15) is 9.59 Å². The predicted octanol–water partition coefficient (Wildman–Crippen LogP) is 3.61. The summed E-state index contributed by atoms with van der Waals surface area (Å²) in [7, 11) is 0. The third-order valence-corrected chi connectivity index (χ3v) is 4.43. The lowest BCUT2D eigenvalue weighted by Gasteiger charge is -2.34. The lowest BCUT2D eigenvalue weighted by molar-refractivity contribution is 0.0206. The molecule has 1 saturated heterocycles. The summed E-state index contributed by atoms with van der Waals surface area (Å²) < 4.78 is 5.46. The SMILES string of the molecule is CC.CC(C)(C)OC(=O)N1CCCC(Nc2ncnc3c(C(N)=O)cc(Cl)nc23)C1. The normalized spacial score (nSPS) is 16.5. The standard InChI is InChI=1S/C18H23ClN6O3.C2H6/c1-18(2,3)28-17(27)25-6-4-5-10(8-25)23-16-14-13(21-9-22-16)11(15(20)26)7-12(19)24-14;1-2/h7,9-10H,4-6,8H2,1-3H3,(H2,20,26)(H,21,22,23);1-2H3. The second-order valence-electron chi connectivity index (χ2n) is 7.69. The Morgan fingerprint density at radius 2 is 1.97 bits per heavy atom. The van der Waals surface area contributed by atoms with Gasteiger partial charge in [-0.3, -0.25) is 4.79 Å². The number of anilines is 1. The Bertz CT molecular complexity index is 915. The van der Waals surface area contributed by atoms with Gasteiger partial charge in [-0.2, -0.15) is 0 Å². The third kappa shape index (κ3) is 5.91. The molecule has 1 unspecified atom stereocenters. The Balaban J connectivity index is 0.00000155. The van der Waals surface area contributed by atoms with Gasteiger partial charge in [0.25, 0.3) is 5.91 Å². The van der Waals surface area contributed by atoms with Gasteiger partial charge >= 0.3 is 6.09 Å². The molecule has 9 nitrogen and oxygen atoms in total. The minimum absolute atomic E-state index is 0.0582. The Morgan fingerprint density at radius 3 is 2.60 bits per heavy atom. The molecule has 0 radical (unpaired) electrons. The number of hydrogen-bond donors (Lipinski definition) is 2. The molecule has 3 N–H and O–H groups in total. The van der Waals surface area contributed by atoms with Gasteiger partial charge in [0.15, 0.2) is 5.82 Å². The first-order valence-electron chi connectivity index (χ1n) is 9.99. The van der Waals surface area contributed by atoms with Crippen LogP contribution in [0.1, 0.15) is 57.8 Å². The molecule has 0 aliphatic carbocycles. The van der Waals surface area contributed by atoms with Gasteiger partial charge in [0.2, 0.25) is 0 Å². The van der Waals surface area contributed by atoms with E-state index in [-0.39, 0.29) is 22.9 Å². The molecule has 0 bridgehead atoms. The van der Waals surface area contributed by atoms with Crippen molar-refractivity contribution in [2.24, 2.45) is 5.73 Å². The fourth-order valence-electron chi connectivity index (χ4n) is 3.08. The van der Waals surface area contributed by atoms with E-state index in [4.69, 9.17) is 22.1 Å². The van der Waals surface area contributed by atoms with Gasteiger partial charge in [0, 0.05) is 19.1 Å². The van der Waals surface area contributed by atoms with Crippen LogP contribution in [-0.4, -0.2) is 56.6 Å². The Morgan fingerprint density at radius 1 is 1.27 bits per heavy atom. The molecule has 2 aromatic rings. The molecule has 0 saturated carbocycles. The van der Waals surface area contributed by atoms with Crippen molar-refractivity contribution in [3.8, 4) is 0 Å². The first kappa shape index (κ1) is 23.6. The number of ether oxygens (including phenoxy) is 1. The minimum atomic E-state index is -0.646. The van der Waals surface area contributed by atoms with Gasteiger partial charge in [-0.05, 0) is 39.7 Å². The number of rotatable bonds is 3. The number of nitrogens with zero attached hydrogens (tertiary/aromatic N) is 4. The quantitative estimate of drug-likeness (QED) is 0.704. The zero-order chi connectivity index (χ0) is 22.5. The maximum Gasteiger partial charge on any atom is 0.410 e. The van der Waals surface area contributed by atoms with Crippen molar-refractivity contribution < 1.29 is 14.3 Å².